The van der Waals surface area contributed by atoms with Gasteiger partial charge in [0.15, 0.2) is 11.5 Å². The van der Waals surface area contributed by atoms with E-state index >= 15 is 0 Å². The van der Waals surface area contributed by atoms with Crippen LogP contribution in [-0.2, 0) is 16.3 Å². The molecule has 1 amide bonds. The summed E-state index contributed by atoms with van der Waals surface area (Å²) in [6.07, 6.45) is 1.95. The maximum absolute atomic E-state index is 13.0. The highest BCUT2D eigenvalue weighted by Gasteiger charge is 2.23. The van der Waals surface area contributed by atoms with Gasteiger partial charge >= 0.3 is 0 Å². The highest BCUT2D eigenvalue weighted by molar-refractivity contribution is 7.91. The number of phenols is 3. The Morgan fingerprint density at radius 3 is 2.17 bits per heavy atom. The zero-order chi connectivity index (χ0) is 25.9. The van der Waals surface area contributed by atoms with E-state index in [1.54, 1.807) is 0 Å². The van der Waals surface area contributed by atoms with Crippen molar-refractivity contribution < 1.29 is 28.5 Å². The van der Waals surface area contributed by atoms with E-state index < -0.39 is 33.0 Å². The second kappa shape index (κ2) is 10.8. The number of carbonyl (C=O) groups excluding carboxylic acids is 1. The number of phenolic OH excluding ortho intramolecular Hbond substituents is 3. The van der Waals surface area contributed by atoms with Gasteiger partial charge in [0, 0.05) is 5.02 Å². The molecule has 0 heterocycles. The SMILES string of the molecule is CC(C)CCCc1cc(C(=O)Nc2cc(S(=O)(=O)c3ccc(Cl)cc3)ccc2Cl)c(O)c(O)c1O. The van der Waals surface area contributed by atoms with Gasteiger partial charge in [0.25, 0.3) is 5.91 Å². The van der Waals surface area contributed by atoms with E-state index in [0.717, 1.165) is 6.42 Å². The number of halogens is 2. The number of rotatable bonds is 8. The molecule has 7 nitrogen and oxygen atoms in total. The zero-order valence-corrected chi connectivity index (χ0v) is 21.4. The molecule has 0 unspecified atom stereocenters. The number of sulfone groups is 1. The monoisotopic (exact) mass is 537 g/mol. The Labute approximate surface area is 213 Å². The first-order valence-corrected chi connectivity index (χ1v) is 13.0. The van der Waals surface area contributed by atoms with Crippen LogP contribution in [-0.4, -0.2) is 29.6 Å². The molecule has 0 aromatic heterocycles. The smallest absolute Gasteiger partial charge is 0.259 e. The average Bonchev–Trinajstić information content (AvgIpc) is 2.80. The van der Waals surface area contributed by atoms with Gasteiger partial charge in [-0.2, -0.15) is 0 Å². The van der Waals surface area contributed by atoms with Gasteiger partial charge in [-0.3, -0.25) is 4.79 Å². The van der Waals surface area contributed by atoms with Crippen molar-refractivity contribution >= 4 is 44.6 Å². The molecule has 0 atom stereocenters. The summed E-state index contributed by atoms with van der Waals surface area (Å²) in [7, 11) is -3.93. The first kappa shape index (κ1) is 26.7. The van der Waals surface area contributed by atoms with E-state index in [1.807, 2.05) is 0 Å². The van der Waals surface area contributed by atoms with Gasteiger partial charge < -0.3 is 20.6 Å². The van der Waals surface area contributed by atoms with Gasteiger partial charge in [-0.1, -0.05) is 43.5 Å². The van der Waals surface area contributed by atoms with E-state index in [1.165, 1.54) is 48.5 Å². The molecule has 0 radical (unpaired) electrons. The topological polar surface area (TPSA) is 124 Å². The molecule has 0 spiro atoms. The molecule has 186 valence electrons. The van der Waals surface area contributed by atoms with Crippen LogP contribution in [0, 0.1) is 5.92 Å². The van der Waals surface area contributed by atoms with Crippen molar-refractivity contribution in [3.8, 4) is 17.2 Å². The van der Waals surface area contributed by atoms with Crippen molar-refractivity contribution in [3.63, 3.8) is 0 Å². The van der Waals surface area contributed by atoms with Crippen molar-refractivity contribution in [1.82, 2.24) is 0 Å². The Morgan fingerprint density at radius 1 is 0.914 bits per heavy atom. The molecule has 0 saturated heterocycles. The minimum atomic E-state index is -3.93. The van der Waals surface area contributed by atoms with E-state index in [0.29, 0.717) is 29.3 Å². The van der Waals surface area contributed by atoms with Crippen LogP contribution in [0.3, 0.4) is 0 Å². The summed E-state index contributed by atoms with van der Waals surface area (Å²) in [4.78, 5) is 12.9. The zero-order valence-electron chi connectivity index (χ0n) is 19.0. The highest BCUT2D eigenvalue weighted by atomic mass is 35.5. The normalized spacial score (nSPS) is 11.6. The highest BCUT2D eigenvalue weighted by Crippen LogP contribution is 2.41. The fraction of sp³-hybridized carbons (Fsp3) is 0.240. The number of anilines is 1. The Morgan fingerprint density at radius 2 is 1.54 bits per heavy atom. The number of nitrogens with one attached hydrogen (secondary N) is 1. The van der Waals surface area contributed by atoms with Gasteiger partial charge in [0.05, 0.1) is 26.1 Å². The van der Waals surface area contributed by atoms with Gasteiger partial charge in [-0.15, -0.1) is 0 Å². The van der Waals surface area contributed by atoms with Crippen LogP contribution >= 0.6 is 23.2 Å². The van der Waals surface area contributed by atoms with Crippen LogP contribution in [0.15, 0.2) is 58.3 Å². The van der Waals surface area contributed by atoms with E-state index in [4.69, 9.17) is 23.2 Å². The van der Waals surface area contributed by atoms with Crippen LogP contribution in [0.1, 0.15) is 42.6 Å². The van der Waals surface area contributed by atoms with E-state index in [2.05, 4.69) is 19.2 Å². The summed E-state index contributed by atoms with van der Waals surface area (Å²) < 4.78 is 26.0. The molecular formula is C25H25Cl2NO6S. The fourth-order valence-corrected chi connectivity index (χ4v) is 5.05. The summed E-state index contributed by atoms with van der Waals surface area (Å²) in [5.74, 6) is -2.50. The van der Waals surface area contributed by atoms with Crippen molar-refractivity contribution in [1.29, 1.82) is 0 Å². The molecule has 0 aliphatic rings. The molecule has 0 aliphatic heterocycles. The number of benzene rings is 3. The second-order valence-corrected chi connectivity index (χ2v) is 11.3. The Balaban J connectivity index is 1.93. The predicted octanol–water partition coefficient (Wildman–Crippen LogP) is 6.17. The molecule has 0 saturated carbocycles. The third-order valence-electron chi connectivity index (χ3n) is 5.42. The summed E-state index contributed by atoms with van der Waals surface area (Å²) in [5.41, 5.74) is -0.00170. The second-order valence-electron chi connectivity index (χ2n) is 8.47. The Kier molecular flexibility index (Phi) is 8.20. The van der Waals surface area contributed by atoms with Crippen molar-refractivity contribution in [2.24, 2.45) is 5.92 Å². The number of aromatic hydroxyl groups is 3. The quantitative estimate of drug-likeness (QED) is 0.254. The molecule has 3 aromatic carbocycles. The molecule has 3 aromatic rings. The van der Waals surface area contributed by atoms with Crippen molar-refractivity contribution in [3.05, 3.63) is 69.7 Å². The number of hydrogen-bond donors (Lipinski definition) is 4. The van der Waals surface area contributed by atoms with Crippen LogP contribution in [0.5, 0.6) is 17.2 Å². The predicted molar refractivity (Wildman–Crippen MR) is 136 cm³/mol. The molecule has 3 rings (SSSR count). The Bertz CT molecular complexity index is 1360. The first-order chi connectivity index (χ1) is 16.4. The van der Waals surface area contributed by atoms with Gasteiger partial charge in [-0.25, -0.2) is 8.42 Å². The summed E-state index contributed by atoms with van der Waals surface area (Å²) in [5, 5.41) is 33.5. The van der Waals surface area contributed by atoms with Gasteiger partial charge in [0.1, 0.15) is 0 Å². The summed E-state index contributed by atoms with van der Waals surface area (Å²) >= 11 is 12.0. The molecule has 0 aliphatic carbocycles. The number of aryl methyl sites for hydroxylation is 1. The van der Waals surface area contributed by atoms with Crippen LogP contribution in [0.4, 0.5) is 5.69 Å². The average molecular weight is 538 g/mol. The minimum absolute atomic E-state index is 0.00800. The van der Waals surface area contributed by atoms with Crippen molar-refractivity contribution in [2.75, 3.05) is 5.32 Å². The van der Waals surface area contributed by atoms with Crippen LogP contribution < -0.4 is 5.32 Å². The number of hydrogen-bond acceptors (Lipinski definition) is 6. The summed E-state index contributed by atoms with van der Waals surface area (Å²) in [6.45, 7) is 4.11. The molecule has 10 heteroatoms. The maximum atomic E-state index is 13.0. The lowest BCUT2D eigenvalue weighted by Crippen LogP contribution is -2.14. The van der Waals surface area contributed by atoms with Gasteiger partial charge in [0.2, 0.25) is 15.6 Å². The van der Waals surface area contributed by atoms with Gasteiger partial charge in [-0.05, 0) is 72.9 Å². The Hall–Kier alpha value is -2.94. The van der Waals surface area contributed by atoms with Crippen LogP contribution in [0.2, 0.25) is 10.0 Å². The lowest BCUT2D eigenvalue weighted by Gasteiger charge is -2.14. The molecular weight excluding hydrogens is 513 g/mol. The lowest BCUT2D eigenvalue weighted by atomic mass is 9.99. The van der Waals surface area contributed by atoms with E-state index in [-0.39, 0.29) is 26.1 Å². The standard InChI is InChI=1S/C25H25Cl2NO6S/c1-14(2)4-3-5-15-12-19(23(30)24(31)22(15)29)25(32)28-21-13-18(10-11-20(21)27)35(33,34)17-8-6-16(26)7-9-17/h6-14,29-31H,3-5H2,1-2H3,(H,28,32). The largest absolute Gasteiger partial charge is 0.504 e. The third-order valence-corrected chi connectivity index (χ3v) is 7.77. The third kappa shape index (κ3) is 6.01. The van der Waals surface area contributed by atoms with Crippen LogP contribution in [0.25, 0.3) is 0 Å². The summed E-state index contributed by atoms with van der Waals surface area (Å²) in [6, 6.07) is 10.8. The van der Waals surface area contributed by atoms with E-state index in [9.17, 15) is 28.5 Å². The van der Waals surface area contributed by atoms with Crippen molar-refractivity contribution in [2.45, 2.75) is 42.9 Å². The maximum Gasteiger partial charge on any atom is 0.259 e. The minimum Gasteiger partial charge on any atom is -0.504 e. The molecule has 0 fully saturated rings. The molecule has 0 bridgehead atoms. The molecule has 4 N–H and O–H groups in total. The number of carbonyl (C=O) groups is 1. The molecule has 35 heavy (non-hydrogen) atoms. The lowest BCUT2D eigenvalue weighted by molar-refractivity contribution is 0.102. The number of amides is 1. The fourth-order valence-electron chi connectivity index (χ4n) is 3.47. The first-order valence-electron chi connectivity index (χ1n) is 10.8.